The summed E-state index contributed by atoms with van der Waals surface area (Å²) < 4.78 is 27.2. The molecule has 0 bridgehead atoms. The molecule has 2 N–H and O–H groups in total. The second-order valence-corrected chi connectivity index (χ2v) is 9.73. The summed E-state index contributed by atoms with van der Waals surface area (Å²) in [5.74, 6) is -3.43. The van der Waals surface area contributed by atoms with Crippen LogP contribution in [-0.4, -0.2) is 38.6 Å². The van der Waals surface area contributed by atoms with Crippen molar-refractivity contribution in [1.82, 2.24) is 14.9 Å². The van der Waals surface area contributed by atoms with Gasteiger partial charge in [-0.2, -0.15) is 0 Å². The zero-order valence-corrected chi connectivity index (χ0v) is 22.1. The predicted molar refractivity (Wildman–Crippen MR) is 141 cm³/mol. The lowest BCUT2D eigenvalue weighted by Gasteiger charge is -2.23. The summed E-state index contributed by atoms with van der Waals surface area (Å²) in [4.78, 5) is 41.8. The minimum Gasteiger partial charge on any atom is -0.476 e. The summed E-state index contributed by atoms with van der Waals surface area (Å²) in [6, 6.07) is 12.7. The number of oxazole rings is 1. The van der Waals surface area contributed by atoms with Crippen molar-refractivity contribution in [2.75, 3.05) is 0 Å². The molecule has 0 aliphatic rings. The van der Waals surface area contributed by atoms with E-state index < -0.39 is 41.7 Å². The smallest absolute Gasteiger partial charge is 0.358 e. The van der Waals surface area contributed by atoms with Crippen molar-refractivity contribution in [3.63, 3.8) is 0 Å². The molecule has 4 aromatic rings. The molecule has 4 rings (SSSR count). The van der Waals surface area contributed by atoms with Gasteiger partial charge in [0.05, 0.1) is 6.42 Å². The molecule has 9 nitrogen and oxygen atoms in total. The van der Waals surface area contributed by atoms with Crippen LogP contribution in [-0.2, 0) is 34.2 Å². The number of carboxylic acids is 1. The van der Waals surface area contributed by atoms with E-state index in [0.717, 1.165) is 16.5 Å². The van der Waals surface area contributed by atoms with Gasteiger partial charge in [-0.3, -0.25) is 9.59 Å². The summed E-state index contributed by atoms with van der Waals surface area (Å²) in [5, 5.41) is 13.3. The number of carbonyl (C=O) groups is 3. The summed E-state index contributed by atoms with van der Waals surface area (Å²) in [6.07, 6.45) is 0.643. The molecule has 0 saturated carbocycles. The second kappa shape index (κ2) is 11.5. The molecule has 39 heavy (non-hydrogen) atoms. The molecule has 0 fully saturated rings. The molecule has 0 aliphatic carbocycles. The number of rotatable bonds is 10. The van der Waals surface area contributed by atoms with E-state index in [0.29, 0.717) is 0 Å². The molecule has 10 heteroatoms. The molecule has 0 aliphatic heterocycles. The summed E-state index contributed by atoms with van der Waals surface area (Å²) >= 11 is 0. The minimum atomic E-state index is -1.25. The molecule has 204 valence electrons. The Balaban J connectivity index is 1.61. The lowest BCUT2D eigenvalue weighted by atomic mass is 10.0. The fourth-order valence-electron chi connectivity index (χ4n) is 4.50. The quantitative estimate of drug-likeness (QED) is 0.286. The van der Waals surface area contributed by atoms with Gasteiger partial charge in [0.2, 0.25) is 5.89 Å². The lowest BCUT2D eigenvalue weighted by Crippen LogP contribution is -2.43. The molecule has 2 atom stereocenters. The minimum absolute atomic E-state index is 0.0198. The molecule has 0 spiro atoms. The average Bonchev–Trinajstić information content (AvgIpc) is 3.43. The number of nitrogens with one attached hydrogen (secondary N) is 1. The Bertz CT molecular complexity index is 1520. The fraction of sp³-hybridized carbons (Fsp3) is 0.310. The number of carboxylic acid groups (broad SMARTS) is 1. The van der Waals surface area contributed by atoms with Crippen LogP contribution in [0.15, 0.2) is 59.1 Å². The third kappa shape index (κ3) is 6.17. The second-order valence-electron chi connectivity index (χ2n) is 9.73. The monoisotopic (exact) mass is 535 g/mol. The normalized spacial score (nSPS) is 12.9. The Morgan fingerprint density at radius 3 is 2.46 bits per heavy atom. The highest BCUT2D eigenvalue weighted by atomic mass is 19.1. The van der Waals surface area contributed by atoms with Crippen molar-refractivity contribution in [3.05, 3.63) is 89.0 Å². The van der Waals surface area contributed by atoms with Crippen LogP contribution in [0.5, 0.6) is 0 Å². The topological polar surface area (TPSA) is 124 Å². The van der Waals surface area contributed by atoms with Gasteiger partial charge < -0.3 is 24.1 Å². The Hall–Kier alpha value is -4.47. The molecular formula is C29H30FN3O6. The first-order chi connectivity index (χ1) is 18.5. The highest BCUT2D eigenvalue weighted by Crippen LogP contribution is 2.27. The van der Waals surface area contributed by atoms with Crippen LogP contribution in [0.1, 0.15) is 53.2 Å². The predicted octanol–water partition coefficient (Wildman–Crippen LogP) is 4.52. The molecule has 0 unspecified atom stereocenters. The van der Waals surface area contributed by atoms with Crippen molar-refractivity contribution >= 4 is 28.7 Å². The maximum absolute atomic E-state index is 14.0. The van der Waals surface area contributed by atoms with E-state index in [1.54, 1.807) is 19.9 Å². The summed E-state index contributed by atoms with van der Waals surface area (Å²) in [7, 11) is 1.90. The first kappa shape index (κ1) is 27.6. The van der Waals surface area contributed by atoms with Crippen molar-refractivity contribution in [2.24, 2.45) is 13.0 Å². The number of ether oxygens (including phenoxy) is 1. The first-order valence-corrected chi connectivity index (χ1v) is 12.5. The third-order valence-corrected chi connectivity index (χ3v) is 6.45. The molecule has 2 aromatic carbocycles. The Morgan fingerprint density at radius 1 is 1.10 bits per heavy atom. The van der Waals surface area contributed by atoms with Gasteiger partial charge in [0.25, 0.3) is 5.91 Å². The largest absolute Gasteiger partial charge is 0.476 e. The molecular weight excluding hydrogens is 505 g/mol. The molecule has 0 radical (unpaired) electrons. The van der Waals surface area contributed by atoms with Gasteiger partial charge in [-0.05, 0) is 36.1 Å². The standard InChI is InChI=1S/C29H30FN3O6/c1-16(2)26(39-24(34)14-18-9-5-7-11-21(18)30)27(35)31-22(28-32-25(29(36)37)17(3)38-28)13-19-15-33(4)23-12-8-6-10-20(19)23/h5-12,15-16,22,26H,13-14H2,1-4H3,(H,31,35)(H,36,37)/t22-,26+/m1/s1. The number of hydrogen-bond acceptors (Lipinski definition) is 6. The van der Waals surface area contributed by atoms with E-state index in [2.05, 4.69) is 10.3 Å². The summed E-state index contributed by atoms with van der Waals surface area (Å²) in [6.45, 7) is 4.93. The number of carbonyl (C=O) groups excluding carboxylic acids is 2. The van der Waals surface area contributed by atoms with Crippen LogP contribution in [0.4, 0.5) is 4.39 Å². The average molecular weight is 536 g/mol. The number of para-hydroxylation sites is 1. The first-order valence-electron chi connectivity index (χ1n) is 12.5. The highest BCUT2D eigenvalue weighted by molar-refractivity contribution is 5.87. The van der Waals surface area contributed by atoms with Crippen LogP contribution in [0, 0.1) is 18.7 Å². The number of fused-ring (bicyclic) bond motifs is 1. The van der Waals surface area contributed by atoms with Crippen molar-refractivity contribution in [2.45, 2.75) is 45.8 Å². The Labute approximate surface area is 224 Å². The van der Waals surface area contributed by atoms with Crippen LogP contribution in [0.25, 0.3) is 10.9 Å². The number of aryl methyl sites for hydroxylation is 2. The third-order valence-electron chi connectivity index (χ3n) is 6.45. The maximum atomic E-state index is 14.0. The van der Waals surface area contributed by atoms with E-state index in [1.165, 1.54) is 25.1 Å². The number of aromatic carboxylic acids is 1. The summed E-state index contributed by atoms with van der Waals surface area (Å²) in [5.41, 5.74) is 1.77. The number of benzene rings is 2. The zero-order valence-electron chi connectivity index (χ0n) is 22.1. The molecule has 0 saturated heterocycles. The van der Waals surface area contributed by atoms with Crippen molar-refractivity contribution < 1.29 is 33.0 Å². The van der Waals surface area contributed by atoms with Gasteiger partial charge in [-0.1, -0.05) is 50.2 Å². The van der Waals surface area contributed by atoms with Crippen molar-refractivity contribution in [3.8, 4) is 0 Å². The highest BCUT2D eigenvalue weighted by Gasteiger charge is 2.32. The molecule has 2 heterocycles. The molecule has 1 amide bonds. The fourth-order valence-corrected chi connectivity index (χ4v) is 4.50. The SMILES string of the molecule is Cc1oc([C@@H](Cc2cn(C)c3ccccc23)NC(=O)[C@@H](OC(=O)Cc2ccccc2F)C(C)C)nc1C(=O)O. The van der Waals surface area contributed by atoms with E-state index in [-0.39, 0.29) is 35.7 Å². The van der Waals surface area contributed by atoms with Crippen LogP contribution in [0.3, 0.4) is 0 Å². The van der Waals surface area contributed by atoms with Crippen LogP contribution in [0.2, 0.25) is 0 Å². The lowest BCUT2D eigenvalue weighted by molar-refractivity contribution is -0.158. The number of hydrogen-bond donors (Lipinski definition) is 2. The van der Waals surface area contributed by atoms with Gasteiger partial charge in [0, 0.05) is 30.6 Å². The number of amides is 1. The number of halogens is 1. The van der Waals surface area contributed by atoms with Gasteiger partial charge in [-0.15, -0.1) is 0 Å². The number of nitrogens with zero attached hydrogens (tertiary/aromatic N) is 2. The maximum Gasteiger partial charge on any atom is 0.358 e. The van der Waals surface area contributed by atoms with Gasteiger partial charge in [0.15, 0.2) is 11.8 Å². The van der Waals surface area contributed by atoms with E-state index in [9.17, 15) is 23.9 Å². The van der Waals surface area contributed by atoms with Gasteiger partial charge >= 0.3 is 11.9 Å². The van der Waals surface area contributed by atoms with E-state index in [4.69, 9.17) is 9.15 Å². The van der Waals surface area contributed by atoms with Gasteiger partial charge in [-0.25, -0.2) is 14.2 Å². The number of esters is 1. The van der Waals surface area contributed by atoms with Crippen molar-refractivity contribution in [1.29, 1.82) is 0 Å². The van der Waals surface area contributed by atoms with Crippen LogP contribution < -0.4 is 5.32 Å². The Kier molecular flexibility index (Phi) is 8.13. The van der Waals surface area contributed by atoms with E-state index >= 15 is 0 Å². The zero-order chi connectivity index (χ0) is 28.3. The Morgan fingerprint density at radius 2 is 1.79 bits per heavy atom. The van der Waals surface area contributed by atoms with Gasteiger partial charge in [0.1, 0.15) is 17.6 Å². The molecule has 2 aromatic heterocycles. The van der Waals surface area contributed by atoms with E-state index in [1.807, 2.05) is 42.1 Å². The number of aromatic nitrogens is 2. The van der Waals surface area contributed by atoms with Crippen LogP contribution >= 0.6 is 0 Å².